The standard InChI is InChI=1S/C30H30N2O3S.Li/c1-20-7-3-5-9-24(20)27-17-21(11-13-23-19-31-18-22-8-4-6-10-25(22)23)12-14-26(27)29(33)32-28(30(34)35)15-16-36-2;/h3-10,12,14,17-19,28H,11,13,15-16H2,1-2H3,(H,32,33)(H,34,35);/q;+1. The third-order valence-corrected chi connectivity index (χ3v) is 7.06. The van der Waals surface area contributed by atoms with E-state index >= 15 is 0 Å². The molecular formula is C30H30LiN2O3S+. The van der Waals surface area contributed by atoms with E-state index in [1.165, 1.54) is 10.9 Å². The maximum absolute atomic E-state index is 13.3. The van der Waals surface area contributed by atoms with E-state index in [-0.39, 0.29) is 24.8 Å². The summed E-state index contributed by atoms with van der Waals surface area (Å²) in [5.74, 6) is -0.731. The van der Waals surface area contributed by atoms with Crippen molar-refractivity contribution in [1.82, 2.24) is 10.3 Å². The van der Waals surface area contributed by atoms with E-state index < -0.39 is 12.0 Å². The van der Waals surface area contributed by atoms with Crippen molar-refractivity contribution in [2.45, 2.75) is 32.2 Å². The van der Waals surface area contributed by atoms with Gasteiger partial charge < -0.3 is 10.4 Å². The smallest absolute Gasteiger partial charge is 0.480 e. The van der Waals surface area contributed by atoms with E-state index in [0.29, 0.717) is 17.7 Å². The number of aliphatic carboxylic acids is 1. The molecule has 184 valence electrons. The van der Waals surface area contributed by atoms with Gasteiger partial charge >= 0.3 is 24.8 Å². The Kier molecular flexibility index (Phi) is 10.4. The van der Waals surface area contributed by atoms with Gasteiger partial charge in [0.25, 0.3) is 5.91 Å². The number of carbonyl (C=O) groups is 2. The maximum Gasteiger partial charge on any atom is 1.00 e. The SMILES string of the molecule is CSCCC(NC(=O)c1ccc(CCc2cncc3ccccc23)cc1-c1ccccc1C)C(=O)O.[Li+]. The molecule has 7 heteroatoms. The molecule has 1 heterocycles. The molecule has 4 aromatic rings. The van der Waals surface area contributed by atoms with Crippen molar-refractivity contribution in [3.8, 4) is 11.1 Å². The van der Waals surface area contributed by atoms with Crippen molar-refractivity contribution in [3.63, 3.8) is 0 Å². The molecular weight excluding hydrogens is 475 g/mol. The fraction of sp³-hybridized carbons (Fsp3) is 0.233. The quantitative estimate of drug-likeness (QED) is 0.324. The van der Waals surface area contributed by atoms with Crippen molar-refractivity contribution in [2.24, 2.45) is 0 Å². The van der Waals surface area contributed by atoms with Gasteiger partial charge in [0.1, 0.15) is 6.04 Å². The molecule has 0 spiro atoms. The Labute approximate surface area is 234 Å². The van der Waals surface area contributed by atoms with Gasteiger partial charge in [-0.25, -0.2) is 4.79 Å². The molecule has 2 N–H and O–H groups in total. The Morgan fingerprint density at radius 2 is 1.73 bits per heavy atom. The molecule has 0 saturated carbocycles. The number of rotatable bonds is 10. The molecule has 1 aromatic heterocycles. The molecule has 0 aliphatic heterocycles. The minimum Gasteiger partial charge on any atom is -0.480 e. The van der Waals surface area contributed by atoms with Crippen LogP contribution in [-0.4, -0.2) is 40.0 Å². The number of nitrogens with one attached hydrogen (secondary N) is 1. The zero-order valence-corrected chi connectivity index (χ0v) is 22.3. The molecule has 0 aliphatic rings. The molecule has 0 aliphatic carbocycles. The monoisotopic (exact) mass is 505 g/mol. The van der Waals surface area contributed by atoms with Gasteiger partial charge in [-0.15, -0.1) is 0 Å². The molecule has 5 nitrogen and oxygen atoms in total. The van der Waals surface area contributed by atoms with Crippen molar-refractivity contribution in [3.05, 3.63) is 101 Å². The third kappa shape index (κ3) is 7.05. The normalized spacial score (nSPS) is 11.5. The van der Waals surface area contributed by atoms with Gasteiger partial charge in [0.15, 0.2) is 0 Å². The molecule has 0 radical (unpaired) electrons. The summed E-state index contributed by atoms with van der Waals surface area (Å²) in [6, 6.07) is 21.1. The first-order chi connectivity index (χ1) is 17.5. The molecule has 0 bridgehead atoms. The summed E-state index contributed by atoms with van der Waals surface area (Å²) in [7, 11) is 0. The number of amides is 1. The van der Waals surface area contributed by atoms with Gasteiger partial charge in [-0.2, -0.15) is 11.8 Å². The number of aryl methyl sites for hydroxylation is 3. The van der Waals surface area contributed by atoms with Gasteiger partial charge in [-0.05, 0) is 77.5 Å². The van der Waals surface area contributed by atoms with E-state index in [0.717, 1.165) is 40.5 Å². The van der Waals surface area contributed by atoms with Crippen LogP contribution in [0, 0.1) is 6.92 Å². The van der Waals surface area contributed by atoms with Crippen LogP contribution in [0.1, 0.15) is 33.5 Å². The summed E-state index contributed by atoms with van der Waals surface area (Å²) in [4.78, 5) is 29.4. The van der Waals surface area contributed by atoms with Gasteiger partial charge in [0.2, 0.25) is 0 Å². The maximum atomic E-state index is 13.3. The molecule has 3 aromatic carbocycles. The molecule has 1 atom stereocenters. The van der Waals surface area contributed by atoms with Crippen LogP contribution in [0.4, 0.5) is 0 Å². The number of fused-ring (bicyclic) bond motifs is 1. The predicted octanol–water partition coefficient (Wildman–Crippen LogP) is 2.94. The Morgan fingerprint density at radius 3 is 2.49 bits per heavy atom. The van der Waals surface area contributed by atoms with Crippen LogP contribution in [-0.2, 0) is 17.6 Å². The number of benzene rings is 3. The number of pyridine rings is 1. The average molecular weight is 506 g/mol. The van der Waals surface area contributed by atoms with Crippen LogP contribution in [0.15, 0.2) is 79.1 Å². The van der Waals surface area contributed by atoms with E-state index in [1.54, 1.807) is 11.8 Å². The predicted molar refractivity (Wildman–Crippen MR) is 148 cm³/mol. The van der Waals surface area contributed by atoms with Gasteiger partial charge in [0.05, 0.1) is 0 Å². The number of aromatic nitrogens is 1. The largest absolute Gasteiger partial charge is 1.00 e. The summed E-state index contributed by atoms with van der Waals surface area (Å²) in [5.41, 5.74) is 5.61. The molecule has 4 rings (SSSR count). The second-order valence-electron chi connectivity index (χ2n) is 8.86. The second-order valence-corrected chi connectivity index (χ2v) is 9.85. The van der Waals surface area contributed by atoms with Crippen molar-refractivity contribution in [2.75, 3.05) is 12.0 Å². The summed E-state index contributed by atoms with van der Waals surface area (Å²) in [6.45, 7) is 2.02. The van der Waals surface area contributed by atoms with Gasteiger partial charge in [-0.1, -0.05) is 60.7 Å². The summed E-state index contributed by atoms with van der Waals surface area (Å²) < 4.78 is 0. The molecule has 37 heavy (non-hydrogen) atoms. The van der Waals surface area contributed by atoms with E-state index in [2.05, 4.69) is 28.5 Å². The Balaban J connectivity index is 0.00000380. The summed E-state index contributed by atoms with van der Waals surface area (Å²) in [5, 5.41) is 14.7. The van der Waals surface area contributed by atoms with Gasteiger partial charge in [-0.3, -0.25) is 9.78 Å². The van der Waals surface area contributed by atoms with Gasteiger partial charge in [0, 0.05) is 23.3 Å². The zero-order chi connectivity index (χ0) is 25.5. The van der Waals surface area contributed by atoms with Crippen LogP contribution >= 0.6 is 11.8 Å². The number of carbonyl (C=O) groups excluding carboxylic acids is 1. The molecule has 1 unspecified atom stereocenters. The first kappa shape index (κ1) is 28.5. The topological polar surface area (TPSA) is 79.3 Å². The number of hydrogen-bond acceptors (Lipinski definition) is 4. The third-order valence-electron chi connectivity index (χ3n) is 6.41. The molecule has 1 amide bonds. The van der Waals surface area contributed by atoms with Crippen LogP contribution in [0.25, 0.3) is 21.9 Å². The Morgan fingerprint density at radius 1 is 0.973 bits per heavy atom. The molecule has 0 saturated heterocycles. The summed E-state index contributed by atoms with van der Waals surface area (Å²) >= 11 is 1.56. The first-order valence-corrected chi connectivity index (χ1v) is 13.4. The van der Waals surface area contributed by atoms with Crippen LogP contribution in [0.5, 0.6) is 0 Å². The van der Waals surface area contributed by atoms with E-state index in [1.807, 2.05) is 74.1 Å². The van der Waals surface area contributed by atoms with Crippen LogP contribution < -0.4 is 24.2 Å². The van der Waals surface area contributed by atoms with Crippen LogP contribution in [0.2, 0.25) is 0 Å². The summed E-state index contributed by atoms with van der Waals surface area (Å²) in [6.07, 6.45) is 7.72. The van der Waals surface area contributed by atoms with E-state index in [9.17, 15) is 14.7 Å². The Bertz CT molecular complexity index is 1390. The van der Waals surface area contributed by atoms with Crippen molar-refractivity contribution in [1.29, 1.82) is 0 Å². The number of hydrogen-bond donors (Lipinski definition) is 2. The fourth-order valence-electron chi connectivity index (χ4n) is 4.43. The van der Waals surface area contributed by atoms with Crippen LogP contribution in [0.3, 0.4) is 0 Å². The first-order valence-electron chi connectivity index (χ1n) is 12.0. The Hall–Kier alpha value is -3.04. The zero-order valence-electron chi connectivity index (χ0n) is 21.5. The fourth-order valence-corrected chi connectivity index (χ4v) is 4.90. The number of nitrogens with zero attached hydrogens (tertiary/aromatic N) is 1. The minimum absolute atomic E-state index is 0. The number of carboxylic acid groups (broad SMARTS) is 1. The molecule has 0 fully saturated rings. The minimum atomic E-state index is -1.02. The van der Waals surface area contributed by atoms with Crippen molar-refractivity contribution >= 4 is 34.4 Å². The average Bonchev–Trinajstić information content (AvgIpc) is 2.89. The number of thioether (sulfide) groups is 1. The van der Waals surface area contributed by atoms with E-state index in [4.69, 9.17) is 0 Å². The number of carboxylic acids is 1. The van der Waals surface area contributed by atoms with Crippen molar-refractivity contribution < 1.29 is 33.6 Å². The second kappa shape index (κ2) is 13.5.